The fourth-order valence-corrected chi connectivity index (χ4v) is 3.81. The Bertz CT molecular complexity index is 789. The van der Waals surface area contributed by atoms with Crippen molar-refractivity contribution in [2.24, 2.45) is 0 Å². The third-order valence-corrected chi connectivity index (χ3v) is 5.23. The predicted molar refractivity (Wildman–Crippen MR) is 91.9 cm³/mol. The zero-order chi connectivity index (χ0) is 16.7. The van der Waals surface area contributed by atoms with Crippen LogP contribution in [0.15, 0.2) is 24.4 Å². The van der Waals surface area contributed by atoms with Crippen molar-refractivity contribution in [3.63, 3.8) is 0 Å². The Morgan fingerprint density at radius 1 is 1.21 bits per heavy atom. The lowest BCUT2D eigenvalue weighted by Crippen LogP contribution is -2.31. The van der Waals surface area contributed by atoms with Crippen LogP contribution in [0, 0.1) is 0 Å². The quantitative estimate of drug-likeness (QED) is 0.752. The number of aromatic nitrogens is 1. The largest absolute Gasteiger partial charge is 0.361 e. The molecule has 0 bridgehead atoms. The number of aromatic amines is 1. The van der Waals surface area contributed by atoms with E-state index in [-0.39, 0.29) is 5.91 Å². The van der Waals surface area contributed by atoms with E-state index in [4.69, 9.17) is 0 Å². The van der Waals surface area contributed by atoms with Crippen LogP contribution in [-0.2, 0) is 11.2 Å². The molecule has 2 aliphatic rings. The normalized spacial score (nSPS) is 22.8. The van der Waals surface area contributed by atoms with Crippen molar-refractivity contribution < 1.29 is 9.59 Å². The van der Waals surface area contributed by atoms with Gasteiger partial charge in [0.1, 0.15) is 6.04 Å². The van der Waals surface area contributed by atoms with E-state index < -0.39 is 12.1 Å². The first-order valence-electron chi connectivity index (χ1n) is 8.50. The van der Waals surface area contributed by atoms with Crippen LogP contribution >= 0.6 is 0 Å². The van der Waals surface area contributed by atoms with Crippen LogP contribution in [0.4, 0.5) is 4.79 Å². The van der Waals surface area contributed by atoms with Gasteiger partial charge in [0.05, 0.1) is 0 Å². The topological polar surface area (TPSA) is 77.2 Å². The van der Waals surface area contributed by atoms with Gasteiger partial charge in [0.25, 0.3) is 5.91 Å². The highest BCUT2D eigenvalue weighted by Crippen LogP contribution is 2.33. The molecule has 6 nitrogen and oxygen atoms in total. The van der Waals surface area contributed by atoms with E-state index in [0.717, 1.165) is 24.2 Å². The number of imide groups is 1. The molecule has 126 valence electrons. The SMILES string of the molecule is CN1CCC(c2c[nH]c3ccc(C[C@H]4NC(=O)NC4=O)cc23)CC1. The Morgan fingerprint density at radius 2 is 2.00 bits per heavy atom. The number of H-pyrrole nitrogens is 1. The second-order valence-corrected chi connectivity index (χ2v) is 6.92. The summed E-state index contributed by atoms with van der Waals surface area (Å²) >= 11 is 0. The molecule has 3 amide bonds. The Morgan fingerprint density at radius 3 is 2.71 bits per heavy atom. The van der Waals surface area contributed by atoms with Gasteiger partial charge < -0.3 is 15.2 Å². The van der Waals surface area contributed by atoms with Gasteiger partial charge in [-0.2, -0.15) is 0 Å². The van der Waals surface area contributed by atoms with E-state index >= 15 is 0 Å². The fourth-order valence-electron chi connectivity index (χ4n) is 3.81. The van der Waals surface area contributed by atoms with Gasteiger partial charge in [-0.1, -0.05) is 6.07 Å². The van der Waals surface area contributed by atoms with Crippen LogP contribution in [0.5, 0.6) is 0 Å². The first-order chi connectivity index (χ1) is 11.6. The van der Waals surface area contributed by atoms with Gasteiger partial charge in [-0.15, -0.1) is 0 Å². The summed E-state index contributed by atoms with van der Waals surface area (Å²) in [7, 11) is 2.17. The zero-order valence-electron chi connectivity index (χ0n) is 13.8. The molecule has 1 atom stereocenters. The summed E-state index contributed by atoms with van der Waals surface area (Å²) in [4.78, 5) is 28.7. The number of carbonyl (C=O) groups is 2. The molecular formula is C18H22N4O2. The Labute approximate surface area is 140 Å². The summed E-state index contributed by atoms with van der Waals surface area (Å²) in [5.74, 6) is 0.337. The minimum absolute atomic E-state index is 0.246. The molecule has 4 rings (SSSR count). The lowest BCUT2D eigenvalue weighted by molar-refractivity contribution is -0.120. The highest BCUT2D eigenvalue weighted by molar-refractivity contribution is 6.04. The molecular weight excluding hydrogens is 304 g/mol. The van der Waals surface area contributed by atoms with Crippen molar-refractivity contribution in [2.45, 2.75) is 31.2 Å². The zero-order valence-corrected chi connectivity index (χ0v) is 13.8. The summed E-state index contributed by atoms with van der Waals surface area (Å²) in [5, 5.41) is 6.19. The molecule has 6 heteroatoms. The van der Waals surface area contributed by atoms with Gasteiger partial charge in [-0.05, 0) is 62.2 Å². The van der Waals surface area contributed by atoms with Gasteiger partial charge in [0.2, 0.25) is 0 Å². The standard InChI is InChI=1S/C18H22N4O2/c1-22-6-4-12(5-7-22)14-10-19-15-3-2-11(8-13(14)15)9-16-17(23)21-18(24)20-16/h2-3,8,10,12,16,19H,4-7,9H2,1H3,(H2,20,21,23,24)/t16-/m1/s1. The van der Waals surface area contributed by atoms with E-state index in [1.165, 1.54) is 23.8 Å². The molecule has 24 heavy (non-hydrogen) atoms. The van der Waals surface area contributed by atoms with Gasteiger partial charge in [-0.3, -0.25) is 10.1 Å². The Balaban J connectivity index is 1.59. The van der Waals surface area contributed by atoms with Crippen LogP contribution in [0.2, 0.25) is 0 Å². The van der Waals surface area contributed by atoms with Crippen molar-refractivity contribution in [1.29, 1.82) is 0 Å². The van der Waals surface area contributed by atoms with E-state index in [2.05, 4.69) is 45.9 Å². The number of hydrogen-bond acceptors (Lipinski definition) is 3. The predicted octanol–water partition coefficient (Wildman–Crippen LogP) is 1.73. The number of benzene rings is 1. The second-order valence-electron chi connectivity index (χ2n) is 6.92. The summed E-state index contributed by atoms with van der Waals surface area (Å²) < 4.78 is 0. The van der Waals surface area contributed by atoms with Crippen molar-refractivity contribution in [3.8, 4) is 0 Å². The number of fused-ring (bicyclic) bond motifs is 1. The average Bonchev–Trinajstić information content (AvgIpc) is 3.11. The van der Waals surface area contributed by atoms with E-state index in [1.807, 2.05) is 6.07 Å². The Hall–Kier alpha value is -2.34. The van der Waals surface area contributed by atoms with Gasteiger partial charge in [0, 0.05) is 23.5 Å². The van der Waals surface area contributed by atoms with Crippen molar-refractivity contribution in [1.82, 2.24) is 20.5 Å². The molecule has 1 aromatic heterocycles. The molecule has 0 aliphatic carbocycles. The maximum atomic E-state index is 11.7. The highest BCUT2D eigenvalue weighted by atomic mass is 16.2. The average molecular weight is 326 g/mol. The van der Waals surface area contributed by atoms with E-state index in [0.29, 0.717) is 12.3 Å². The van der Waals surface area contributed by atoms with Crippen LogP contribution < -0.4 is 10.6 Å². The molecule has 0 spiro atoms. The third-order valence-electron chi connectivity index (χ3n) is 5.23. The molecule has 2 aromatic rings. The van der Waals surface area contributed by atoms with Crippen molar-refractivity contribution >= 4 is 22.8 Å². The molecule has 3 heterocycles. The Kier molecular flexibility index (Phi) is 3.76. The molecule has 0 unspecified atom stereocenters. The number of carbonyl (C=O) groups excluding carboxylic acids is 2. The van der Waals surface area contributed by atoms with E-state index in [1.54, 1.807) is 0 Å². The van der Waals surface area contributed by atoms with Gasteiger partial charge in [0.15, 0.2) is 0 Å². The number of rotatable bonds is 3. The number of urea groups is 1. The van der Waals surface area contributed by atoms with Crippen LogP contribution in [0.3, 0.4) is 0 Å². The monoisotopic (exact) mass is 326 g/mol. The van der Waals surface area contributed by atoms with Crippen LogP contribution in [-0.4, -0.2) is 48.0 Å². The molecule has 3 N–H and O–H groups in total. The minimum Gasteiger partial charge on any atom is -0.361 e. The van der Waals surface area contributed by atoms with Crippen molar-refractivity contribution in [3.05, 3.63) is 35.5 Å². The molecule has 0 saturated carbocycles. The number of hydrogen-bond donors (Lipinski definition) is 3. The number of piperidine rings is 1. The molecule has 2 fully saturated rings. The smallest absolute Gasteiger partial charge is 0.322 e. The molecule has 2 aliphatic heterocycles. The summed E-state index contributed by atoms with van der Waals surface area (Å²) in [6, 6.07) is 5.38. The van der Waals surface area contributed by atoms with Gasteiger partial charge >= 0.3 is 6.03 Å². The third kappa shape index (κ3) is 2.78. The second kappa shape index (κ2) is 5.94. The lowest BCUT2D eigenvalue weighted by atomic mass is 9.89. The number of nitrogens with zero attached hydrogens (tertiary/aromatic N) is 1. The number of amides is 3. The maximum absolute atomic E-state index is 11.7. The first kappa shape index (κ1) is 15.2. The summed E-state index contributed by atoms with van der Waals surface area (Å²) in [6.45, 7) is 2.26. The molecule has 1 aromatic carbocycles. The molecule has 0 radical (unpaired) electrons. The summed E-state index contributed by atoms with van der Waals surface area (Å²) in [5.41, 5.74) is 3.58. The highest BCUT2D eigenvalue weighted by Gasteiger charge is 2.29. The van der Waals surface area contributed by atoms with Crippen LogP contribution in [0.1, 0.15) is 29.9 Å². The van der Waals surface area contributed by atoms with Crippen LogP contribution in [0.25, 0.3) is 10.9 Å². The van der Waals surface area contributed by atoms with Crippen molar-refractivity contribution in [2.75, 3.05) is 20.1 Å². The van der Waals surface area contributed by atoms with Gasteiger partial charge in [-0.25, -0.2) is 4.79 Å². The summed E-state index contributed by atoms with van der Waals surface area (Å²) in [6.07, 6.45) is 5.00. The fraction of sp³-hybridized carbons (Fsp3) is 0.444. The number of nitrogens with one attached hydrogen (secondary N) is 3. The molecule has 2 saturated heterocycles. The minimum atomic E-state index is -0.472. The number of likely N-dealkylation sites (tertiary alicyclic amines) is 1. The lowest BCUT2D eigenvalue weighted by Gasteiger charge is -2.28. The first-order valence-corrected chi connectivity index (χ1v) is 8.50. The van der Waals surface area contributed by atoms with E-state index in [9.17, 15) is 9.59 Å². The maximum Gasteiger partial charge on any atom is 0.322 e.